The summed E-state index contributed by atoms with van der Waals surface area (Å²) in [5.41, 5.74) is 1.52. The second-order valence-corrected chi connectivity index (χ2v) is 7.30. The lowest BCUT2D eigenvalue weighted by Gasteiger charge is -2.11. The summed E-state index contributed by atoms with van der Waals surface area (Å²) < 4.78 is 12.1. The van der Waals surface area contributed by atoms with Gasteiger partial charge in [0.1, 0.15) is 22.1 Å². The summed E-state index contributed by atoms with van der Waals surface area (Å²) in [5.74, 6) is 0.791. The number of hydrogen-bond acceptors (Lipinski definition) is 6. The normalized spacial score (nSPS) is 11.1. The Kier molecular flexibility index (Phi) is 4.16. The van der Waals surface area contributed by atoms with Crippen molar-refractivity contribution in [1.82, 2.24) is 9.88 Å². The van der Waals surface area contributed by atoms with Crippen LogP contribution in [0.3, 0.4) is 0 Å². The van der Waals surface area contributed by atoms with E-state index in [-0.39, 0.29) is 5.43 Å². The van der Waals surface area contributed by atoms with Crippen molar-refractivity contribution in [2.75, 3.05) is 14.1 Å². The first-order valence-corrected chi connectivity index (χ1v) is 9.08. The molecule has 0 spiro atoms. The fraction of sp³-hybridized carbons (Fsp3) is 0.150. The number of carbonyl (C=O) groups is 1. The van der Waals surface area contributed by atoms with Gasteiger partial charge in [-0.1, -0.05) is 12.1 Å². The first kappa shape index (κ1) is 17.2. The van der Waals surface area contributed by atoms with Crippen LogP contribution in [0, 0.1) is 6.92 Å². The molecule has 2 aromatic carbocycles. The minimum atomic E-state index is -0.500. The third kappa shape index (κ3) is 3.06. The molecule has 27 heavy (non-hydrogen) atoms. The van der Waals surface area contributed by atoms with Crippen molar-refractivity contribution in [1.29, 1.82) is 0 Å². The van der Waals surface area contributed by atoms with Gasteiger partial charge in [-0.3, -0.25) is 4.79 Å². The highest BCUT2D eigenvalue weighted by Crippen LogP contribution is 2.32. The molecule has 2 heterocycles. The lowest BCUT2D eigenvalue weighted by Crippen LogP contribution is -2.25. The van der Waals surface area contributed by atoms with E-state index in [0.717, 1.165) is 10.2 Å². The van der Waals surface area contributed by atoms with Crippen LogP contribution < -0.4 is 10.2 Å². The minimum Gasteiger partial charge on any atom is -0.460 e. The van der Waals surface area contributed by atoms with Crippen molar-refractivity contribution in [3.05, 3.63) is 58.4 Å². The SMILES string of the molecule is Cc1oc2cc(OC(=O)N(C)C)ccc2c(=O)c1-c1nc2ccccc2s1. The van der Waals surface area contributed by atoms with Crippen LogP contribution in [0.1, 0.15) is 5.76 Å². The van der Waals surface area contributed by atoms with E-state index in [2.05, 4.69) is 4.98 Å². The largest absolute Gasteiger partial charge is 0.460 e. The van der Waals surface area contributed by atoms with Gasteiger partial charge in [-0.2, -0.15) is 0 Å². The number of para-hydroxylation sites is 1. The number of hydrogen-bond donors (Lipinski definition) is 0. The predicted octanol–water partition coefficient (Wildman–Crippen LogP) is 4.44. The van der Waals surface area contributed by atoms with Crippen LogP contribution >= 0.6 is 11.3 Å². The molecule has 0 unspecified atom stereocenters. The summed E-state index contributed by atoms with van der Waals surface area (Å²) in [6.07, 6.45) is -0.500. The van der Waals surface area contributed by atoms with Gasteiger partial charge in [-0.05, 0) is 31.2 Å². The number of ether oxygens (including phenoxy) is 1. The number of thiazole rings is 1. The molecule has 0 bridgehead atoms. The number of nitrogens with zero attached hydrogens (tertiary/aromatic N) is 2. The van der Waals surface area contributed by atoms with Crippen LogP contribution in [0.25, 0.3) is 31.8 Å². The summed E-state index contributed by atoms with van der Waals surface area (Å²) in [6.45, 7) is 1.74. The van der Waals surface area contributed by atoms with E-state index in [0.29, 0.717) is 33.1 Å². The molecule has 0 atom stereocenters. The molecule has 4 aromatic rings. The summed E-state index contributed by atoms with van der Waals surface area (Å²) in [6, 6.07) is 12.5. The zero-order valence-electron chi connectivity index (χ0n) is 15.0. The van der Waals surface area contributed by atoms with Crippen LogP contribution in [-0.2, 0) is 0 Å². The number of rotatable bonds is 2. The second-order valence-electron chi connectivity index (χ2n) is 6.27. The molecule has 2 aromatic heterocycles. The first-order chi connectivity index (χ1) is 12.9. The van der Waals surface area contributed by atoms with Gasteiger partial charge in [0.25, 0.3) is 0 Å². The highest BCUT2D eigenvalue weighted by molar-refractivity contribution is 7.21. The van der Waals surface area contributed by atoms with E-state index in [9.17, 15) is 9.59 Å². The molecule has 0 saturated carbocycles. The van der Waals surface area contributed by atoms with Crippen LogP contribution in [0.2, 0.25) is 0 Å². The molecule has 0 aliphatic rings. The predicted molar refractivity (Wildman–Crippen MR) is 106 cm³/mol. The topological polar surface area (TPSA) is 72.6 Å². The molecule has 0 radical (unpaired) electrons. The summed E-state index contributed by atoms with van der Waals surface area (Å²) in [7, 11) is 3.19. The molecule has 0 saturated heterocycles. The lowest BCUT2D eigenvalue weighted by atomic mass is 10.1. The highest BCUT2D eigenvalue weighted by atomic mass is 32.1. The Labute approximate surface area is 158 Å². The minimum absolute atomic E-state index is 0.154. The van der Waals surface area contributed by atoms with Gasteiger partial charge in [-0.25, -0.2) is 9.78 Å². The maximum Gasteiger partial charge on any atom is 0.414 e. The smallest absolute Gasteiger partial charge is 0.414 e. The van der Waals surface area contributed by atoms with Crippen molar-refractivity contribution in [2.24, 2.45) is 0 Å². The molecule has 0 aliphatic carbocycles. The van der Waals surface area contributed by atoms with Gasteiger partial charge < -0.3 is 14.1 Å². The number of benzene rings is 2. The van der Waals surface area contributed by atoms with Gasteiger partial charge in [-0.15, -0.1) is 11.3 Å². The Morgan fingerprint density at radius 1 is 1.19 bits per heavy atom. The molecule has 7 heteroatoms. The fourth-order valence-electron chi connectivity index (χ4n) is 2.77. The van der Waals surface area contributed by atoms with Crippen molar-refractivity contribution in [3.63, 3.8) is 0 Å². The Bertz CT molecular complexity index is 1210. The van der Waals surface area contributed by atoms with Gasteiger partial charge >= 0.3 is 6.09 Å². The third-order valence-corrected chi connectivity index (χ3v) is 5.17. The van der Waals surface area contributed by atoms with E-state index in [1.54, 1.807) is 39.2 Å². The zero-order chi connectivity index (χ0) is 19.1. The van der Waals surface area contributed by atoms with Gasteiger partial charge in [0, 0.05) is 20.2 Å². The van der Waals surface area contributed by atoms with Crippen molar-refractivity contribution in [2.45, 2.75) is 6.92 Å². The first-order valence-electron chi connectivity index (χ1n) is 8.26. The molecule has 0 N–H and O–H groups in total. The summed E-state index contributed by atoms with van der Waals surface area (Å²) >= 11 is 1.46. The Balaban J connectivity index is 1.84. The number of fused-ring (bicyclic) bond motifs is 2. The van der Waals surface area contributed by atoms with Crippen molar-refractivity contribution >= 4 is 38.6 Å². The molecule has 1 amide bonds. The van der Waals surface area contributed by atoms with Crippen LogP contribution in [-0.4, -0.2) is 30.1 Å². The van der Waals surface area contributed by atoms with Crippen molar-refractivity contribution < 1.29 is 13.9 Å². The summed E-state index contributed by atoms with van der Waals surface area (Å²) in [5, 5.41) is 1.05. The van der Waals surface area contributed by atoms with E-state index in [4.69, 9.17) is 9.15 Å². The monoisotopic (exact) mass is 380 g/mol. The Morgan fingerprint density at radius 2 is 1.96 bits per heavy atom. The van der Waals surface area contributed by atoms with Crippen molar-refractivity contribution in [3.8, 4) is 16.3 Å². The zero-order valence-corrected chi connectivity index (χ0v) is 15.8. The van der Waals surface area contributed by atoms with Gasteiger partial charge in [0.15, 0.2) is 0 Å². The maximum absolute atomic E-state index is 13.1. The van der Waals surface area contributed by atoms with E-state index >= 15 is 0 Å². The molecule has 4 rings (SSSR count). The van der Waals surface area contributed by atoms with E-state index in [1.807, 2.05) is 24.3 Å². The van der Waals surface area contributed by atoms with E-state index in [1.165, 1.54) is 16.2 Å². The second kappa shape index (κ2) is 6.51. The molecular formula is C20H16N2O4S. The number of aromatic nitrogens is 1. The molecule has 0 aliphatic heterocycles. The van der Waals surface area contributed by atoms with Gasteiger partial charge in [0.05, 0.1) is 21.2 Å². The average molecular weight is 380 g/mol. The molecule has 136 valence electrons. The maximum atomic E-state index is 13.1. The fourth-order valence-corrected chi connectivity index (χ4v) is 3.82. The molecule has 0 fully saturated rings. The Hall–Kier alpha value is -3.19. The molecule has 6 nitrogen and oxygen atoms in total. The number of amides is 1. The van der Waals surface area contributed by atoms with Crippen LogP contribution in [0.4, 0.5) is 4.79 Å². The quantitative estimate of drug-likeness (QED) is 0.514. The van der Waals surface area contributed by atoms with E-state index < -0.39 is 6.09 Å². The Morgan fingerprint density at radius 3 is 2.70 bits per heavy atom. The number of carbonyl (C=O) groups excluding carboxylic acids is 1. The summed E-state index contributed by atoms with van der Waals surface area (Å²) in [4.78, 5) is 30.7. The highest BCUT2D eigenvalue weighted by Gasteiger charge is 2.18. The lowest BCUT2D eigenvalue weighted by molar-refractivity contribution is 0.172. The van der Waals surface area contributed by atoms with Crippen LogP contribution in [0.15, 0.2) is 51.7 Å². The van der Waals surface area contributed by atoms with Gasteiger partial charge in [0.2, 0.25) is 5.43 Å². The average Bonchev–Trinajstić information content (AvgIpc) is 3.04. The molecular weight excluding hydrogens is 364 g/mol. The third-order valence-electron chi connectivity index (χ3n) is 4.12. The standard InChI is InChI=1S/C20H16N2O4S/c1-11-17(19-21-14-6-4-5-7-16(14)27-19)18(23)13-9-8-12(10-15(13)25-11)26-20(24)22(2)3/h4-10H,1-3H3. The number of aryl methyl sites for hydroxylation is 1. The van der Waals surface area contributed by atoms with Crippen LogP contribution in [0.5, 0.6) is 5.75 Å².